The molecular formula is C12H19N2+. The molecular weight excluding hydrogens is 172 g/mol. The van der Waals surface area contributed by atoms with Crippen LogP contribution >= 0.6 is 0 Å². The third-order valence-corrected chi connectivity index (χ3v) is 3.07. The molecule has 0 N–H and O–H groups in total. The maximum absolute atomic E-state index is 2.48. The van der Waals surface area contributed by atoms with Gasteiger partial charge in [0.1, 0.15) is 12.2 Å². The molecule has 1 aromatic heterocycles. The highest BCUT2D eigenvalue weighted by Crippen LogP contribution is 2.23. The SMILES string of the molecule is CCN1CCCc2c1ccc[n+]2CC. The van der Waals surface area contributed by atoms with Crippen LogP contribution in [0.1, 0.15) is 26.0 Å². The predicted octanol–water partition coefficient (Wildman–Crippen LogP) is 1.77. The minimum absolute atomic E-state index is 1.08. The second-order valence-electron chi connectivity index (χ2n) is 3.81. The predicted molar refractivity (Wildman–Crippen MR) is 58.5 cm³/mol. The molecule has 1 aromatic rings. The van der Waals surface area contributed by atoms with Crippen LogP contribution in [0, 0.1) is 0 Å². The molecule has 0 atom stereocenters. The molecule has 2 rings (SSSR count). The summed E-state index contributed by atoms with van der Waals surface area (Å²) in [5, 5.41) is 0. The molecule has 0 bridgehead atoms. The summed E-state index contributed by atoms with van der Waals surface area (Å²) in [5.74, 6) is 0. The van der Waals surface area contributed by atoms with Gasteiger partial charge in [-0.05, 0) is 26.3 Å². The van der Waals surface area contributed by atoms with Gasteiger partial charge in [0, 0.05) is 25.6 Å². The van der Waals surface area contributed by atoms with Crippen LogP contribution in [0.25, 0.3) is 0 Å². The van der Waals surface area contributed by atoms with E-state index in [1.165, 1.54) is 30.8 Å². The molecule has 1 aliphatic heterocycles. The Labute approximate surface area is 86.2 Å². The highest BCUT2D eigenvalue weighted by atomic mass is 15.2. The Morgan fingerprint density at radius 1 is 1.43 bits per heavy atom. The normalized spacial score (nSPS) is 15.4. The molecule has 2 heterocycles. The molecule has 0 saturated heterocycles. The summed E-state index contributed by atoms with van der Waals surface area (Å²) in [4.78, 5) is 2.48. The van der Waals surface area contributed by atoms with Gasteiger partial charge >= 0.3 is 0 Å². The van der Waals surface area contributed by atoms with Gasteiger partial charge in [0.15, 0.2) is 6.20 Å². The van der Waals surface area contributed by atoms with Crippen molar-refractivity contribution < 1.29 is 4.57 Å². The van der Waals surface area contributed by atoms with Gasteiger partial charge in [0.05, 0.1) is 0 Å². The molecule has 0 radical (unpaired) electrons. The minimum Gasteiger partial charge on any atom is -0.367 e. The van der Waals surface area contributed by atoms with E-state index in [2.05, 4.69) is 41.6 Å². The van der Waals surface area contributed by atoms with Crippen LogP contribution < -0.4 is 9.47 Å². The lowest BCUT2D eigenvalue weighted by molar-refractivity contribution is -0.700. The van der Waals surface area contributed by atoms with E-state index < -0.39 is 0 Å². The van der Waals surface area contributed by atoms with Gasteiger partial charge in [-0.3, -0.25) is 0 Å². The van der Waals surface area contributed by atoms with Crippen molar-refractivity contribution in [3.05, 3.63) is 24.0 Å². The summed E-state index contributed by atoms with van der Waals surface area (Å²) >= 11 is 0. The molecule has 0 unspecified atom stereocenters. The molecule has 1 aliphatic rings. The summed E-state index contributed by atoms with van der Waals surface area (Å²) in [6.45, 7) is 7.88. The Morgan fingerprint density at radius 2 is 2.29 bits per heavy atom. The number of aryl methyl sites for hydroxylation is 1. The van der Waals surface area contributed by atoms with Gasteiger partial charge < -0.3 is 4.90 Å². The first kappa shape index (κ1) is 9.50. The molecule has 2 heteroatoms. The van der Waals surface area contributed by atoms with Crippen LogP contribution in [-0.2, 0) is 13.0 Å². The van der Waals surface area contributed by atoms with Crippen LogP contribution in [0.4, 0.5) is 5.69 Å². The molecule has 0 saturated carbocycles. The van der Waals surface area contributed by atoms with Crippen molar-refractivity contribution >= 4 is 5.69 Å². The highest BCUT2D eigenvalue weighted by Gasteiger charge is 2.22. The standard InChI is InChI=1S/C12H19N2/c1-3-13-9-5-8-12-11(13)7-6-10-14(12)4-2/h5,8-9H,3-4,6-7,10H2,1-2H3/q+1. The zero-order chi connectivity index (χ0) is 9.97. The summed E-state index contributed by atoms with van der Waals surface area (Å²) in [7, 11) is 0. The first-order valence-electron chi connectivity index (χ1n) is 5.63. The molecule has 2 nitrogen and oxygen atoms in total. The van der Waals surface area contributed by atoms with Crippen LogP contribution in [-0.4, -0.2) is 13.1 Å². The molecule has 0 aliphatic carbocycles. The largest absolute Gasteiger partial charge is 0.367 e. The number of hydrogen-bond donors (Lipinski definition) is 0. The fourth-order valence-electron chi connectivity index (χ4n) is 2.31. The molecule has 0 fully saturated rings. The molecule has 76 valence electrons. The van der Waals surface area contributed by atoms with Crippen molar-refractivity contribution in [1.82, 2.24) is 0 Å². The van der Waals surface area contributed by atoms with Crippen molar-refractivity contribution in [2.45, 2.75) is 33.2 Å². The van der Waals surface area contributed by atoms with Crippen molar-refractivity contribution in [1.29, 1.82) is 0 Å². The maximum Gasteiger partial charge on any atom is 0.204 e. The Morgan fingerprint density at radius 3 is 3.00 bits per heavy atom. The van der Waals surface area contributed by atoms with Gasteiger partial charge in [0.2, 0.25) is 5.69 Å². The van der Waals surface area contributed by atoms with Crippen LogP contribution in [0.5, 0.6) is 0 Å². The van der Waals surface area contributed by atoms with Gasteiger partial charge in [-0.15, -0.1) is 0 Å². The zero-order valence-corrected chi connectivity index (χ0v) is 9.16. The quantitative estimate of drug-likeness (QED) is 0.646. The van der Waals surface area contributed by atoms with Crippen LogP contribution in [0.15, 0.2) is 18.3 Å². The van der Waals surface area contributed by atoms with E-state index in [1.807, 2.05) is 0 Å². The van der Waals surface area contributed by atoms with E-state index in [0.717, 1.165) is 13.1 Å². The van der Waals surface area contributed by atoms with E-state index in [9.17, 15) is 0 Å². The lowest BCUT2D eigenvalue weighted by Crippen LogP contribution is -2.42. The maximum atomic E-state index is 2.48. The average molecular weight is 191 g/mol. The highest BCUT2D eigenvalue weighted by molar-refractivity contribution is 5.50. The number of hydrogen-bond acceptors (Lipinski definition) is 1. The number of anilines is 1. The van der Waals surface area contributed by atoms with E-state index >= 15 is 0 Å². The Kier molecular flexibility index (Phi) is 2.71. The molecule has 0 spiro atoms. The van der Waals surface area contributed by atoms with E-state index in [4.69, 9.17) is 0 Å². The van der Waals surface area contributed by atoms with Crippen molar-refractivity contribution in [2.24, 2.45) is 0 Å². The summed E-state index contributed by atoms with van der Waals surface area (Å²) < 4.78 is 2.37. The molecule has 14 heavy (non-hydrogen) atoms. The van der Waals surface area contributed by atoms with E-state index in [1.54, 1.807) is 0 Å². The topological polar surface area (TPSA) is 7.12 Å². The number of fused-ring (bicyclic) bond motifs is 1. The second kappa shape index (κ2) is 3.99. The molecule has 0 aromatic carbocycles. The number of rotatable bonds is 2. The van der Waals surface area contributed by atoms with Gasteiger partial charge in [0.25, 0.3) is 0 Å². The van der Waals surface area contributed by atoms with Gasteiger partial charge in [-0.25, -0.2) is 4.57 Å². The monoisotopic (exact) mass is 191 g/mol. The summed E-state index contributed by atoms with van der Waals surface area (Å²) in [5.41, 5.74) is 2.96. The van der Waals surface area contributed by atoms with Gasteiger partial charge in [-0.2, -0.15) is 0 Å². The minimum atomic E-state index is 1.08. The first-order chi connectivity index (χ1) is 6.86. The van der Waals surface area contributed by atoms with E-state index in [-0.39, 0.29) is 0 Å². The van der Waals surface area contributed by atoms with Crippen LogP contribution in [0.2, 0.25) is 0 Å². The Bertz CT molecular complexity index is 320. The summed E-state index contributed by atoms with van der Waals surface area (Å²) in [6.07, 6.45) is 4.73. The third-order valence-electron chi connectivity index (χ3n) is 3.07. The van der Waals surface area contributed by atoms with E-state index in [0.29, 0.717) is 0 Å². The van der Waals surface area contributed by atoms with Crippen molar-refractivity contribution in [3.8, 4) is 0 Å². The second-order valence-corrected chi connectivity index (χ2v) is 3.81. The third kappa shape index (κ3) is 1.49. The Balaban J connectivity index is 2.43. The zero-order valence-electron chi connectivity index (χ0n) is 9.16. The van der Waals surface area contributed by atoms with Crippen molar-refractivity contribution in [2.75, 3.05) is 18.0 Å². The van der Waals surface area contributed by atoms with Crippen LogP contribution in [0.3, 0.4) is 0 Å². The number of pyridine rings is 1. The van der Waals surface area contributed by atoms with Crippen molar-refractivity contribution in [3.63, 3.8) is 0 Å². The fourth-order valence-corrected chi connectivity index (χ4v) is 2.31. The summed E-state index contributed by atoms with van der Waals surface area (Å²) in [6, 6.07) is 4.42. The first-order valence-corrected chi connectivity index (χ1v) is 5.63. The smallest absolute Gasteiger partial charge is 0.204 e. The molecule has 0 amide bonds. The lowest BCUT2D eigenvalue weighted by Gasteiger charge is -2.27. The fraction of sp³-hybridized carbons (Fsp3) is 0.583. The lowest BCUT2D eigenvalue weighted by atomic mass is 10.1. The number of aromatic nitrogens is 1. The number of nitrogens with zero attached hydrogens (tertiary/aromatic N) is 2. The Hall–Kier alpha value is -1.05. The average Bonchev–Trinajstić information content (AvgIpc) is 2.27. The van der Waals surface area contributed by atoms with Gasteiger partial charge in [-0.1, -0.05) is 0 Å².